The van der Waals surface area contributed by atoms with Crippen LogP contribution in [0.2, 0.25) is 0 Å². The maximum Gasteiger partial charge on any atom is 0.191 e. The molecule has 1 rings (SSSR count). The van der Waals surface area contributed by atoms with Crippen LogP contribution < -0.4 is 10.6 Å². The van der Waals surface area contributed by atoms with Gasteiger partial charge >= 0.3 is 0 Å². The van der Waals surface area contributed by atoms with Crippen molar-refractivity contribution in [2.45, 2.75) is 32.9 Å². The first-order valence-electron chi connectivity index (χ1n) is 7.30. The maximum atomic E-state index is 4.30. The third-order valence-corrected chi connectivity index (χ3v) is 4.07. The van der Waals surface area contributed by atoms with E-state index in [0.29, 0.717) is 18.0 Å². The van der Waals surface area contributed by atoms with Crippen molar-refractivity contribution in [3.8, 4) is 0 Å². The zero-order chi connectivity index (χ0) is 14.4. The van der Waals surface area contributed by atoms with Crippen molar-refractivity contribution < 1.29 is 0 Å². The first-order chi connectivity index (χ1) is 8.93. The fourth-order valence-electron chi connectivity index (χ4n) is 2.11. The average Bonchev–Trinajstić information content (AvgIpc) is 2.37. The van der Waals surface area contributed by atoms with E-state index in [9.17, 15) is 0 Å². The second kappa shape index (κ2) is 7.70. The molecule has 0 spiro atoms. The third-order valence-electron chi connectivity index (χ3n) is 4.07. The second-order valence-corrected chi connectivity index (χ2v) is 6.03. The summed E-state index contributed by atoms with van der Waals surface area (Å²) < 4.78 is 0. The van der Waals surface area contributed by atoms with Gasteiger partial charge in [0.05, 0.1) is 0 Å². The molecule has 2 atom stereocenters. The lowest BCUT2D eigenvalue weighted by molar-refractivity contribution is 0.116. The van der Waals surface area contributed by atoms with E-state index in [-0.39, 0.29) is 0 Å². The number of likely N-dealkylation sites (N-methyl/N-ethyl adjacent to an activating group) is 2. The van der Waals surface area contributed by atoms with Crippen molar-refractivity contribution in [3.05, 3.63) is 0 Å². The highest BCUT2D eigenvalue weighted by molar-refractivity contribution is 5.79. The van der Waals surface area contributed by atoms with Crippen LogP contribution in [0, 0.1) is 5.92 Å². The van der Waals surface area contributed by atoms with E-state index in [2.05, 4.69) is 60.3 Å². The molecule has 0 aliphatic carbocycles. The first-order valence-corrected chi connectivity index (χ1v) is 7.30. The fourth-order valence-corrected chi connectivity index (χ4v) is 2.11. The molecule has 0 aromatic rings. The monoisotopic (exact) mass is 269 g/mol. The van der Waals surface area contributed by atoms with Gasteiger partial charge in [-0.15, -0.1) is 0 Å². The lowest BCUT2D eigenvalue weighted by Gasteiger charge is -2.38. The van der Waals surface area contributed by atoms with Gasteiger partial charge in [0, 0.05) is 45.3 Å². The molecule has 5 heteroatoms. The Morgan fingerprint density at radius 1 is 1.26 bits per heavy atom. The van der Waals surface area contributed by atoms with Gasteiger partial charge in [0.1, 0.15) is 0 Å². The Labute approximate surface area is 118 Å². The van der Waals surface area contributed by atoms with Gasteiger partial charge in [-0.05, 0) is 26.9 Å². The zero-order valence-corrected chi connectivity index (χ0v) is 13.4. The molecule has 2 unspecified atom stereocenters. The summed E-state index contributed by atoms with van der Waals surface area (Å²) >= 11 is 0. The Balaban J connectivity index is 2.40. The topological polar surface area (TPSA) is 42.9 Å². The molecule has 19 heavy (non-hydrogen) atoms. The standard InChI is InChI=1S/C14H31N5/c1-11(2)12(3)17-14(15-4)16-9-13-10-18(5)7-8-19(13)6/h11-13H,7-10H2,1-6H3,(H2,15,16,17). The van der Waals surface area contributed by atoms with Gasteiger partial charge in [0.2, 0.25) is 0 Å². The molecule has 5 nitrogen and oxygen atoms in total. The van der Waals surface area contributed by atoms with Crippen LogP contribution >= 0.6 is 0 Å². The summed E-state index contributed by atoms with van der Waals surface area (Å²) in [6.07, 6.45) is 0. The first kappa shape index (κ1) is 16.2. The van der Waals surface area contributed by atoms with E-state index in [1.54, 1.807) is 0 Å². The van der Waals surface area contributed by atoms with Crippen LogP contribution in [0.1, 0.15) is 20.8 Å². The Morgan fingerprint density at radius 3 is 2.53 bits per heavy atom. The molecule has 1 heterocycles. The maximum absolute atomic E-state index is 4.30. The van der Waals surface area contributed by atoms with Gasteiger partial charge in [0.25, 0.3) is 0 Å². The Morgan fingerprint density at radius 2 is 1.95 bits per heavy atom. The normalized spacial score (nSPS) is 24.6. The van der Waals surface area contributed by atoms with Gasteiger partial charge in [-0.1, -0.05) is 13.8 Å². The molecule has 0 bridgehead atoms. The summed E-state index contributed by atoms with van der Waals surface area (Å²) in [5, 5.41) is 6.88. The van der Waals surface area contributed by atoms with Crippen LogP contribution in [0.3, 0.4) is 0 Å². The van der Waals surface area contributed by atoms with Gasteiger partial charge in [-0.25, -0.2) is 0 Å². The molecule has 1 aliphatic heterocycles. The lowest BCUT2D eigenvalue weighted by atomic mass is 10.1. The van der Waals surface area contributed by atoms with Crippen LogP contribution in [0.25, 0.3) is 0 Å². The molecule has 0 radical (unpaired) electrons. The highest BCUT2D eigenvalue weighted by Crippen LogP contribution is 2.05. The average molecular weight is 269 g/mol. The molecule has 1 saturated heterocycles. The molecule has 0 aromatic heterocycles. The number of hydrogen-bond donors (Lipinski definition) is 2. The second-order valence-electron chi connectivity index (χ2n) is 6.03. The molecule has 112 valence electrons. The van der Waals surface area contributed by atoms with E-state index in [1.807, 2.05) is 7.05 Å². The number of nitrogens with one attached hydrogen (secondary N) is 2. The highest BCUT2D eigenvalue weighted by Gasteiger charge is 2.22. The minimum atomic E-state index is 0.429. The highest BCUT2D eigenvalue weighted by atomic mass is 15.3. The van der Waals surface area contributed by atoms with Crippen molar-refractivity contribution >= 4 is 5.96 Å². The molecule has 2 N–H and O–H groups in total. The fraction of sp³-hybridized carbons (Fsp3) is 0.929. The van der Waals surface area contributed by atoms with Crippen molar-refractivity contribution in [2.75, 3.05) is 47.3 Å². The molecular formula is C14H31N5. The number of piperazine rings is 1. The summed E-state index contributed by atoms with van der Waals surface area (Å²) in [4.78, 5) is 9.11. The van der Waals surface area contributed by atoms with Gasteiger partial charge < -0.3 is 15.5 Å². The SMILES string of the molecule is CN=C(NCC1CN(C)CCN1C)NC(C)C(C)C. The van der Waals surface area contributed by atoms with E-state index in [1.165, 1.54) is 0 Å². The Bertz CT molecular complexity index is 290. The van der Waals surface area contributed by atoms with E-state index in [0.717, 1.165) is 32.1 Å². The minimum absolute atomic E-state index is 0.429. The lowest BCUT2D eigenvalue weighted by Crippen LogP contribution is -2.56. The largest absolute Gasteiger partial charge is 0.355 e. The van der Waals surface area contributed by atoms with E-state index < -0.39 is 0 Å². The van der Waals surface area contributed by atoms with Crippen molar-refractivity contribution in [3.63, 3.8) is 0 Å². The third kappa shape index (κ3) is 5.37. The summed E-state index contributed by atoms with van der Waals surface area (Å²) in [6.45, 7) is 11.0. The van der Waals surface area contributed by atoms with E-state index in [4.69, 9.17) is 0 Å². The van der Waals surface area contributed by atoms with Crippen molar-refractivity contribution in [1.29, 1.82) is 0 Å². The molecular weight excluding hydrogens is 238 g/mol. The van der Waals surface area contributed by atoms with Crippen LogP contribution in [0.4, 0.5) is 0 Å². The smallest absolute Gasteiger partial charge is 0.191 e. The van der Waals surface area contributed by atoms with Crippen LogP contribution in [0.5, 0.6) is 0 Å². The molecule has 0 aromatic carbocycles. The molecule has 1 fully saturated rings. The predicted molar refractivity (Wildman–Crippen MR) is 82.7 cm³/mol. The van der Waals surface area contributed by atoms with Gasteiger partial charge in [0.15, 0.2) is 5.96 Å². The van der Waals surface area contributed by atoms with E-state index >= 15 is 0 Å². The zero-order valence-electron chi connectivity index (χ0n) is 13.4. The number of nitrogens with zero attached hydrogens (tertiary/aromatic N) is 3. The van der Waals surface area contributed by atoms with Crippen LogP contribution in [-0.2, 0) is 0 Å². The number of rotatable bonds is 4. The summed E-state index contributed by atoms with van der Waals surface area (Å²) in [5.41, 5.74) is 0. The predicted octanol–water partition coefficient (Wildman–Crippen LogP) is 0.442. The molecule has 0 amide bonds. The Hall–Kier alpha value is -0.810. The number of aliphatic imine (C=N–C) groups is 1. The van der Waals surface area contributed by atoms with Crippen molar-refractivity contribution in [2.24, 2.45) is 10.9 Å². The van der Waals surface area contributed by atoms with Crippen LogP contribution in [0.15, 0.2) is 4.99 Å². The summed E-state index contributed by atoms with van der Waals surface area (Å²) in [6, 6.07) is 0.976. The van der Waals surface area contributed by atoms with Crippen LogP contribution in [-0.4, -0.2) is 75.2 Å². The summed E-state index contributed by atoms with van der Waals surface area (Å²) in [7, 11) is 6.22. The number of guanidine groups is 1. The molecule has 1 aliphatic rings. The quantitative estimate of drug-likeness (QED) is 0.574. The van der Waals surface area contributed by atoms with Gasteiger partial charge in [-0.2, -0.15) is 0 Å². The summed E-state index contributed by atoms with van der Waals surface area (Å²) in [5.74, 6) is 1.50. The Kier molecular flexibility index (Phi) is 6.58. The number of hydrogen-bond acceptors (Lipinski definition) is 3. The van der Waals surface area contributed by atoms with Crippen molar-refractivity contribution in [1.82, 2.24) is 20.4 Å². The molecule has 0 saturated carbocycles. The van der Waals surface area contributed by atoms with Gasteiger partial charge in [-0.3, -0.25) is 9.89 Å². The minimum Gasteiger partial charge on any atom is -0.355 e.